The van der Waals surface area contributed by atoms with Gasteiger partial charge in [-0.1, -0.05) is 13.8 Å². The fourth-order valence-electron chi connectivity index (χ4n) is 7.82. The Morgan fingerprint density at radius 1 is 1.04 bits per heavy atom. The van der Waals surface area contributed by atoms with E-state index in [9.17, 15) is 49.7 Å². The number of hydrogen-bond acceptors (Lipinski definition) is 12. The van der Waals surface area contributed by atoms with Crippen LogP contribution in [0.15, 0.2) is 47.2 Å². The molecule has 4 atom stereocenters. The van der Waals surface area contributed by atoms with Crippen LogP contribution in [-0.4, -0.2) is 93.6 Å². The van der Waals surface area contributed by atoms with Crippen molar-refractivity contribution in [1.29, 1.82) is 0 Å². The van der Waals surface area contributed by atoms with Crippen molar-refractivity contribution in [2.75, 3.05) is 43.7 Å². The summed E-state index contributed by atoms with van der Waals surface area (Å²) in [6.07, 6.45) is -0.131. The first-order valence-corrected chi connectivity index (χ1v) is 14.7. The molecule has 3 amide bonds. The van der Waals surface area contributed by atoms with Gasteiger partial charge in [-0.3, -0.25) is 29.4 Å². The third-order valence-electron chi connectivity index (χ3n) is 9.67. The van der Waals surface area contributed by atoms with Crippen molar-refractivity contribution >= 4 is 52.0 Å². The zero-order chi connectivity index (χ0) is 35.8. The lowest BCUT2D eigenvalue weighted by Gasteiger charge is -2.59. The van der Waals surface area contributed by atoms with Crippen molar-refractivity contribution in [2.45, 2.75) is 38.3 Å². The van der Waals surface area contributed by atoms with Gasteiger partial charge < -0.3 is 41.7 Å². The van der Waals surface area contributed by atoms with Gasteiger partial charge in [0.05, 0.1) is 22.2 Å². The summed E-state index contributed by atoms with van der Waals surface area (Å²) in [6, 6.07) is 4.36. The SMILES string of the molecule is CN(C)c1cc(NC(=O)Nc2ccc([N+](=O)[O-])cc2)c(O)c2c1C[C@@]1(C)C[C@@]3(C)[C@H](N(C)C)C(=O)C(C(N)=O)=C(O)[C@@]3(O)C(=O)C1=C2O. The smallest absolute Gasteiger partial charge is 0.323 e. The first-order valence-electron chi connectivity index (χ1n) is 14.7. The molecule has 0 unspecified atom stereocenters. The first-order chi connectivity index (χ1) is 22.2. The molecule has 2 aromatic rings. The van der Waals surface area contributed by atoms with Crippen LogP contribution in [0.2, 0.25) is 0 Å². The highest BCUT2D eigenvalue weighted by molar-refractivity contribution is 6.25. The van der Waals surface area contributed by atoms with Crippen LogP contribution in [0.4, 0.5) is 27.5 Å². The molecule has 0 bridgehead atoms. The summed E-state index contributed by atoms with van der Waals surface area (Å²) in [4.78, 5) is 66.8. The monoisotopic (exact) mass is 664 g/mol. The highest BCUT2D eigenvalue weighted by atomic mass is 16.6. The van der Waals surface area contributed by atoms with Crippen molar-refractivity contribution in [3.8, 4) is 5.75 Å². The molecule has 16 nitrogen and oxygen atoms in total. The number of fused-ring (bicyclic) bond motifs is 3. The van der Waals surface area contributed by atoms with Crippen LogP contribution in [-0.2, 0) is 20.8 Å². The molecule has 0 saturated heterocycles. The van der Waals surface area contributed by atoms with Crippen LogP contribution in [0.5, 0.6) is 5.75 Å². The Morgan fingerprint density at radius 2 is 1.65 bits per heavy atom. The van der Waals surface area contributed by atoms with Gasteiger partial charge in [-0.15, -0.1) is 0 Å². The molecule has 16 heteroatoms. The predicted octanol–water partition coefficient (Wildman–Crippen LogP) is 2.36. The van der Waals surface area contributed by atoms with Crippen LogP contribution >= 0.6 is 0 Å². The van der Waals surface area contributed by atoms with E-state index in [1.54, 1.807) is 25.9 Å². The molecule has 48 heavy (non-hydrogen) atoms. The number of hydrogen-bond donors (Lipinski definition) is 7. The van der Waals surface area contributed by atoms with Gasteiger partial charge in [-0.2, -0.15) is 0 Å². The Kier molecular flexibility index (Phi) is 7.80. The summed E-state index contributed by atoms with van der Waals surface area (Å²) in [5, 5.41) is 62.7. The van der Waals surface area contributed by atoms with Crippen molar-refractivity contribution in [1.82, 2.24) is 4.90 Å². The topological polar surface area (TPSA) is 249 Å². The fraction of sp³-hybridized carbons (Fsp3) is 0.375. The van der Waals surface area contributed by atoms with Gasteiger partial charge in [-0.25, -0.2) is 4.79 Å². The number of nitro benzene ring substituents is 1. The van der Waals surface area contributed by atoms with Crippen molar-refractivity contribution in [3.05, 3.63) is 68.5 Å². The molecule has 5 rings (SSSR count). The van der Waals surface area contributed by atoms with Crippen LogP contribution in [0, 0.1) is 20.9 Å². The number of phenolic OH excluding ortho intramolecular Hbond substituents is 1. The molecule has 0 spiro atoms. The number of anilines is 3. The molecular weight excluding hydrogens is 628 g/mol. The number of benzene rings is 2. The van der Waals surface area contributed by atoms with Gasteiger partial charge in [0.1, 0.15) is 17.1 Å². The lowest BCUT2D eigenvalue weighted by Crippen LogP contribution is -2.72. The number of amides is 3. The Bertz CT molecular complexity index is 1880. The number of Topliss-reactive ketones (excluding diaryl/α,β-unsaturated/α-hetero) is 2. The number of nitrogens with zero attached hydrogens (tertiary/aromatic N) is 3. The summed E-state index contributed by atoms with van der Waals surface area (Å²) in [6.45, 7) is 3.11. The average Bonchev–Trinajstić information content (AvgIpc) is 2.96. The van der Waals surface area contributed by atoms with Gasteiger partial charge in [0.15, 0.2) is 17.1 Å². The highest BCUT2D eigenvalue weighted by Crippen LogP contribution is 2.63. The van der Waals surface area contributed by atoms with Crippen LogP contribution < -0.4 is 21.3 Å². The number of non-ortho nitro benzene ring substituents is 1. The number of ketones is 2. The summed E-state index contributed by atoms with van der Waals surface area (Å²) in [5.74, 6) is -5.95. The third kappa shape index (κ3) is 4.66. The van der Waals surface area contributed by atoms with Gasteiger partial charge in [0, 0.05) is 54.0 Å². The number of carbonyl (C=O) groups is 4. The number of phenols is 1. The maximum atomic E-state index is 14.5. The van der Waals surface area contributed by atoms with Crippen LogP contribution in [0.3, 0.4) is 0 Å². The van der Waals surface area contributed by atoms with E-state index in [-0.39, 0.29) is 41.0 Å². The number of nitro groups is 1. The van der Waals surface area contributed by atoms with Crippen LogP contribution in [0.1, 0.15) is 31.4 Å². The minimum absolute atomic E-state index is 0.0109. The largest absolute Gasteiger partial charge is 0.508 e. The Balaban J connectivity index is 1.66. The maximum absolute atomic E-state index is 14.5. The average molecular weight is 665 g/mol. The minimum Gasteiger partial charge on any atom is -0.508 e. The van der Waals surface area contributed by atoms with Gasteiger partial charge in [0.25, 0.3) is 11.6 Å². The van der Waals surface area contributed by atoms with E-state index in [2.05, 4.69) is 10.6 Å². The van der Waals surface area contributed by atoms with Crippen molar-refractivity contribution in [3.63, 3.8) is 0 Å². The second-order valence-corrected chi connectivity index (χ2v) is 13.3. The number of primary amides is 1. The van der Waals surface area contributed by atoms with E-state index in [1.807, 2.05) is 0 Å². The van der Waals surface area contributed by atoms with E-state index >= 15 is 0 Å². The molecule has 0 aromatic heterocycles. The molecule has 0 radical (unpaired) electrons. The lowest BCUT2D eigenvalue weighted by molar-refractivity contribution is -0.384. The van der Waals surface area contributed by atoms with E-state index < -0.39 is 73.7 Å². The van der Waals surface area contributed by atoms with E-state index in [0.717, 1.165) is 0 Å². The van der Waals surface area contributed by atoms with E-state index in [4.69, 9.17) is 5.73 Å². The molecule has 3 aliphatic rings. The number of likely N-dealkylation sites (N-methyl/N-ethyl adjacent to an activating group) is 1. The molecular formula is C32H36N6O10. The zero-order valence-corrected chi connectivity index (χ0v) is 27.0. The number of urea groups is 1. The molecule has 8 N–H and O–H groups in total. The predicted molar refractivity (Wildman–Crippen MR) is 174 cm³/mol. The normalized spacial score (nSPS) is 26.5. The number of aliphatic hydroxyl groups excluding tert-OH is 2. The summed E-state index contributed by atoms with van der Waals surface area (Å²) >= 11 is 0. The molecule has 3 aliphatic carbocycles. The van der Waals surface area contributed by atoms with Crippen molar-refractivity contribution in [2.24, 2.45) is 16.6 Å². The highest BCUT2D eigenvalue weighted by Gasteiger charge is 2.72. The molecule has 2 aromatic carbocycles. The number of carbonyl (C=O) groups excluding carboxylic acids is 4. The Morgan fingerprint density at radius 3 is 2.17 bits per heavy atom. The number of nitrogens with one attached hydrogen (secondary N) is 2. The van der Waals surface area contributed by atoms with E-state index in [0.29, 0.717) is 11.3 Å². The van der Waals surface area contributed by atoms with E-state index in [1.165, 1.54) is 56.3 Å². The summed E-state index contributed by atoms with van der Waals surface area (Å²) in [5.41, 5.74) is -1.24. The first kappa shape index (κ1) is 33.9. The van der Waals surface area contributed by atoms with Crippen molar-refractivity contribution < 1.29 is 44.5 Å². The molecule has 0 heterocycles. The standard InChI is InChI=1S/C32H36N6O10/c1-30-12-16-18(36(3)4)11-17(35-29(45)34-14-7-9-15(10-8-14)38(47)48)22(39)19(16)23(40)21(30)27(43)32(46)26(42)20(28(33)44)24(41)25(37(5)6)31(32,2)13-30/h7-11,25,39-40,42,46H,12-13H2,1-6H3,(H2,33,44)(H2,34,35,45)/t25-,30+,31+,32-/m1/s1. The molecule has 0 aliphatic heterocycles. The van der Waals surface area contributed by atoms with Gasteiger partial charge >= 0.3 is 6.03 Å². The Hall–Kier alpha value is -5.48. The van der Waals surface area contributed by atoms with Crippen LogP contribution in [0.25, 0.3) is 5.76 Å². The molecule has 1 saturated carbocycles. The minimum atomic E-state index is -2.87. The molecule has 1 fully saturated rings. The second kappa shape index (κ2) is 11.1. The third-order valence-corrected chi connectivity index (χ3v) is 9.67. The lowest BCUT2D eigenvalue weighted by atomic mass is 9.46. The zero-order valence-electron chi connectivity index (χ0n) is 27.0. The second-order valence-electron chi connectivity index (χ2n) is 13.3. The summed E-state index contributed by atoms with van der Waals surface area (Å²) in [7, 11) is 6.42. The summed E-state index contributed by atoms with van der Waals surface area (Å²) < 4.78 is 0. The quantitative estimate of drug-likeness (QED) is 0.102. The number of aliphatic hydroxyl groups is 3. The number of nitrogens with two attached hydrogens (primary N) is 1. The Labute approximate surface area is 274 Å². The van der Waals surface area contributed by atoms with Gasteiger partial charge in [-0.05, 0) is 50.7 Å². The molecule has 254 valence electrons. The maximum Gasteiger partial charge on any atom is 0.323 e. The number of aromatic hydroxyl groups is 1. The van der Waals surface area contributed by atoms with Gasteiger partial charge in [0.2, 0.25) is 5.78 Å². The fourth-order valence-corrected chi connectivity index (χ4v) is 7.82. The number of rotatable bonds is 6.